The Hall–Kier alpha value is -9.25. The van der Waals surface area contributed by atoms with Gasteiger partial charge in [0.1, 0.15) is 54.4 Å². The van der Waals surface area contributed by atoms with Crippen LogP contribution in [0.3, 0.4) is 0 Å². The minimum atomic E-state index is -1.72. The highest BCUT2D eigenvalue weighted by Gasteiger charge is 2.41. The number of benzene rings is 2. The highest BCUT2D eigenvalue weighted by Crippen LogP contribution is 2.23. The van der Waals surface area contributed by atoms with Crippen molar-refractivity contribution >= 4 is 88.1 Å². The second-order valence-corrected chi connectivity index (χ2v) is 21.0. The molecule has 2 aromatic carbocycles. The number of aliphatic hydroxyl groups is 2. The zero-order chi connectivity index (χ0) is 62.3. The van der Waals surface area contributed by atoms with Gasteiger partial charge in [-0.05, 0) is 62.1 Å². The van der Waals surface area contributed by atoms with Gasteiger partial charge in [-0.3, -0.25) is 62.7 Å². The third-order valence-electron chi connectivity index (χ3n) is 14.6. The maximum Gasteiger partial charge on any atom is 0.246 e. The van der Waals surface area contributed by atoms with E-state index in [0.717, 1.165) is 4.90 Å². The molecule has 0 bridgehead atoms. The summed E-state index contributed by atoms with van der Waals surface area (Å²) >= 11 is 0. The van der Waals surface area contributed by atoms with Crippen molar-refractivity contribution in [2.24, 2.45) is 21.5 Å². The van der Waals surface area contributed by atoms with E-state index in [4.69, 9.17) is 11.5 Å². The van der Waals surface area contributed by atoms with E-state index in [1.807, 2.05) is 0 Å². The Kier molecular flexibility index (Phi) is 25.1. The number of likely N-dealkylation sites (N-methyl/N-ethyl adjacent to an activating group) is 1. The van der Waals surface area contributed by atoms with E-state index < -0.39 is 139 Å². The number of allylic oxidation sites excluding steroid dienone is 1. The predicted molar refractivity (Wildman–Crippen MR) is 313 cm³/mol. The summed E-state index contributed by atoms with van der Waals surface area (Å²) in [6.07, 6.45) is 5.10. The summed E-state index contributed by atoms with van der Waals surface area (Å²) in [6, 6.07) is 2.79. The van der Waals surface area contributed by atoms with Crippen molar-refractivity contribution in [3.63, 3.8) is 0 Å². The Morgan fingerprint density at radius 2 is 1.38 bits per heavy atom. The second kappa shape index (κ2) is 32.7. The van der Waals surface area contributed by atoms with Gasteiger partial charge >= 0.3 is 0 Å². The fraction of sp³-hybridized carbons (Fsp3) is 0.491. The van der Waals surface area contributed by atoms with E-state index in [2.05, 4.69) is 68.1 Å². The highest BCUT2D eigenvalue weighted by molar-refractivity contribution is 6.00. The first-order valence-corrected chi connectivity index (χ1v) is 28.5. The highest BCUT2D eigenvalue weighted by atomic mass is 16.3. The van der Waals surface area contributed by atoms with E-state index >= 15 is 4.79 Å². The Labute approximate surface area is 495 Å². The van der Waals surface area contributed by atoms with Crippen LogP contribution in [-0.2, 0) is 65.6 Å². The molecule has 3 aromatic rings. The van der Waals surface area contributed by atoms with E-state index in [1.54, 1.807) is 73.1 Å². The van der Waals surface area contributed by atoms with Crippen molar-refractivity contribution in [2.45, 2.75) is 138 Å². The standard InChI is InChI=1S/C57H78N16O13/c1-32(76)65-38-18-8-9-21-62-47(77)28-43(56(86)73-24-12-20-46(73)55(85)72-45(31-75)54(84)71-44(30-74)48(78)60-2)70-52(82)41(26-34-29-64-37-17-7-6-16-36(34)37)68-50(80)39(19-11-23-63-57(58)59)66-51(81)40(25-33-13-4-3-5-14-33)67-53(83)42(69-49(38)79)27-35-15-10-22-61-35/h3-7,13-17,22,29,38-46,64,74-75H,8-12,18-21,23-28,30-31H2,1-2H3,(H,60,78)(H,62,77)(H,65,76)(H,66,81)(H,67,83)(H,68,80)(H,69,79)(H,70,82)(H,71,84)(H,72,85)(H4,58,59,63)/t38-,39-,40+,41-,42-,43-,44-,45-,46-/m0/s1. The molecule has 86 heavy (non-hydrogen) atoms. The van der Waals surface area contributed by atoms with Crippen molar-refractivity contribution in [3.05, 3.63) is 83.7 Å². The molecule has 0 saturated carbocycles. The zero-order valence-electron chi connectivity index (χ0n) is 48.0. The number of amides is 11. The maximum atomic E-state index is 15.1. The van der Waals surface area contributed by atoms with E-state index in [9.17, 15) is 58.2 Å². The van der Waals surface area contributed by atoms with Crippen LogP contribution < -0.4 is 64.6 Å². The molecule has 9 atom stereocenters. The van der Waals surface area contributed by atoms with Crippen LogP contribution in [0.2, 0.25) is 0 Å². The summed E-state index contributed by atoms with van der Waals surface area (Å²) in [5.74, 6) is -9.35. The second-order valence-electron chi connectivity index (χ2n) is 21.0. The van der Waals surface area contributed by atoms with Crippen LogP contribution in [-0.4, -0.2) is 192 Å². The fourth-order valence-electron chi connectivity index (χ4n) is 10.2. The van der Waals surface area contributed by atoms with Crippen LogP contribution in [0, 0.1) is 0 Å². The van der Waals surface area contributed by atoms with Crippen molar-refractivity contribution in [2.75, 3.05) is 39.9 Å². The molecule has 0 spiro atoms. The first-order valence-electron chi connectivity index (χ1n) is 28.5. The number of nitrogens with two attached hydrogens (primary N) is 2. The summed E-state index contributed by atoms with van der Waals surface area (Å²) in [5.41, 5.74) is 13.6. The third kappa shape index (κ3) is 19.4. The number of carbonyl (C=O) groups is 11. The molecule has 4 heterocycles. The number of nitrogens with zero attached hydrogens (tertiary/aromatic N) is 3. The van der Waals surface area contributed by atoms with Gasteiger partial charge in [0, 0.05) is 88.3 Å². The number of likely N-dealkylation sites (tertiary alicyclic amines) is 1. The van der Waals surface area contributed by atoms with Gasteiger partial charge in [-0.25, -0.2) is 0 Å². The molecule has 2 saturated heterocycles. The smallest absolute Gasteiger partial charge is 0.246 e. The Bertz CT molecular complexity index is 3020. The van der Waals surface area contributed by atoms with Gasteiger partial charge in [0.15, 0.2) is 5.96 Å². The molecule has 17 N–H and O–H groups in total. The summed E-state index contributed by atoms with van der Waals surface area (Å²) < 4.78 is 0. The summed E-state index contributed by atoms with van der Waals surface area (Å²) in [4.78, 5) is 167. The SMILES string of the molecule is CNC(=O)[C@H](CO)NC(=O)[C@H](CO)NC(=O)[C@@H]1CCCN1C(=O)[C@@H]1CC(=O)NCCCC[C@H](NC(C)=O)C(=O)N[C@@H](CC2=CCC=N2)C(=O)N[C@H](Cc2ccccc2)C(=O)N[C@@H](CCCN=C(N)N)C(=O)N[C@@H](Cc2c[nH]c3ccccc23)C(=O)N1. The summed E-state index contributed by atoms with van der Waals surface area (Å²) in [5, 5.41) is 46.5. The lowest BCUT2D eigenvalue weighted by Crippen LogP contribution is -2.61. The number of fused-ring (bicyclic) bond motifs is 1. The molecule has 0 aliphatic carbocycles. The average molecular weight is 1200 g/mol. The van der Waals surface area contributed by atoms with E-state index in [-0.39, 0.29) is 89.8 Å². The molecule has 0 radical (unpaired) electrons. The number of nitrogens with one attached hydrogen (secondary N) is 11. The number of carbonyl (C=O) groups excluding carboxylic acids is 11. The molecular weight excluding hydrogens is 1120 g/mol. The molecular formula is C57H78N16O13. The minimum Gasteiger partial charge on any atom is -0.394 e. The lowest BCUT2D eigenvalue weighted by molar-refractivity contribution is -0.144. The number of aliphatic hydroxyl groups excluding tert-OH is 2. The van der Waals surface area contributed by atoms with E-state index in [0.29, 0.717) is 34.1 Å². The normalized spacial score (nSPS) is 22.7. The molecule has 3 aliphatic rings. The fourth-order valence-corrected chi connectivity index (χ4v) is 10.2. The van der Waals surface area contributed by atoms with Gasteiger partial charge in [-0.15, -0.1) is 0 Å². The van der Waals surface area contributed by atoms with Crippen molar-refractivity contribution in [1.82, 2.24) is 63.1 Å². The number of aromatic nitrogens is 1. The first-order chi connectivity index (χ1) is 41.3. The number of guanidine groups is 1. The molecule has 0 unspecified atom stereocenters. The van der Waals surface area contributed by atoms with Gasteiger partial charge < -0.3 is 84.7 Å². The van der Waals surface area contributed by atoms with Gasteiger partial charge in [-0.2, -0.15) is 0 Å². The number of rotatable bonds is 19. The number of H-pyrrole nitrogens is 1. The quantitative estimate of drug-likeness (QED) is 0.0310. The lowest BCUT2D eigenvalue weighted by Gasteiger charge is -2.31. The minimum absolute atomic E-state index is 0.00168. The first kappa shape index (κ1) is 65.9. The number of hydrogen-bond acceptors (Lipinski definition) is 15. The molecule has 3 aliphatic heterocycles. The van der Waals surface area contributed by atoms with Crippen molar-refractivity contribution in [3.8, 4) is 0 Å². The largest absolute Gasteiger partial charge is 0.394 e. The monoisotopic (exact) mass is 1190 g/mol. The van der Waals surface area contributed by atoms with Crippen LogP contribution in [0.4, 0.5) is 0 Å². The number of hydrogen-bond donors (Lipinski definition) is 15. The number of para-hydroxylation sites is 1. The van der Waals surface area contributed by atoms with Crippen LogP contribution in [0.5, 0.6) is 0 Å². The Morgan fingerprint density at radius 3 is 2.06 bits per heavy atom. The predicted octanol–water partition coefficient (Wildman–Crippen LogP) is -3.93. The Morgan fingerprint density at radius 1 is 0.744 bits per heavy atom. The molecule has 11 amide bonds. The topological polar surface area (TPSA) is 444 Å². The average Bonchev–Trinajstić information content (AvgIpc) is 4.29. The number of aliphatic imine (C=N–C) groups is 2. The molecule has 1 aromatic heterocycles. The molecule has 464 valence electrons. The van der Waals surface area contributed by atoms with Crippen LogP contribution in [0.25, 0.3) is 10.9 Å². The molecule has 2 fully saturated rings. The van der Waals surface area contributed by atoms with Crippen LogP contribution in [0.15, 0.2) is 82.6 Å². The van der Waals surface area contributed by atoms with Crippen LogP contribution >= 0.6 is 0 Å². The van der Waals surface area contributed by atoms with Gasteiger partial charge in [0.2, 0.25) is 65.0 Å². The zero-order valence-corrected chi connectivity index (χ0v) is 48.0. The third-order valence-corrected chi connectivity index (χ3v) is 14.6. The van der Waals surface area contributed by atoms with Crippen molar-refractivity contribution in [1.29, 1.82) is 0 Å². The lowest BCUT2D eigenvalue weighted by atomic mass is 10.0. The van der Waals surface area contributed by atoms with Gasteiger partial charge in [-0.1, -0.05) is 54.6 Å². The Balaban J connectivity index is 1.38. The number of aromatic amines is 1. The summed E-state index contributed by atoms with van der Waals surface area (Å²) in [7, 11) is 1.27. The molecule has 29 heteroatoms. The summed E-state index contributed by atoms with van der Waals surface area (Å²) in [6.45, 7) is -0.631. The molecule has 6 rings (SSSR count). The van der Waals surface area contributed by atoms with E-state index in [1.165, 1.54) is 14.0 Å². The van der Waals surface area contributed by atoms with Gasteiger partial charge in [0.05, 0.1) is 19.6 Å². The van der Waals surface area contributed by atoms with Crippen LogP contribution in [0.1, 0.15) is 82.3 Å². The maximum absolute atomic E-state index is 15.1. The molecule has 29 nitrogen and oxygen atoms in total. The van der Waals surface area contributed by atoms with Crippen molar-refractivity contribution < 1.29 is 63.0 Å². The van der Waals surface area contributed by atoms with Gasteiger partial charge in [0.25, 0.3) is 0 Å².